The first kappa shape index (κ1) is 9.34. The lowest BCUT2D eigenvalue weighted by molar-refractivity contribution is -0.148. The number of piperidine rings is 1. The number of hydrogen-bond acceptors (Lipinski definition) is 3. The fourth-order valence-corrected chi connectivity index (χ4v) is 3.58. The Labute approximate surface area is 132 Å². The van der Waals surface area contributed by atoms with Gasteiger partial charge in [0.1, 0.15) is 0 Å². The molecule has 0 spiro atoms. The normalized spacial score (nSPS) is 36.1. The highest BCUT2D eigenvalue weighted by Crippen LogP contribution is 2.42. The molecule has 2 aliphatic heterocycles. The number of rotatable bonds is 2. The van der Waals surface area contributed by atoms with Crippen LogP contribution < -0.4 is 5.32 Å². The maximum Gasteiger partial charge on any atom is 0.310 e. The quantitative estimate of drug-likeness (QED) is 0.638. The van der Waals surface area contributed by atoms with Gasteiger partial charge in [-0.25, -0.2) is 0 Å². The maximum atomic E-state index is 12.3. The first-order chi connectivity index (χ1) is 10.9. The summed E-state index contributed by atoms with van der Waals surface area (Å²) in [5.41, 5.74) is 0.356. The maximum absolute atomic E-state index is 12.3. The molecule has 1 aromatic carbocycles. The van der Waals surface area contributed by atoms with Crippen LogP contribution in [0.2, 0.25) is 0 Å². The third-order valence-electron chi connectivity index (χ3n) is 4.14. The van der Waals surface area contributed by atoms with Crippen molar-refractivity contribution in [3.05, 3.63) is 33.3 Å². The molecule has 0 aromatic heterocycles. The highest BCUT2D eigenvalue weighted by molar-refractivity contribution is 14.1. The number of carbonyl (C=O) groups excluding carboxylic acids is 1. The predicted molar refractivity (Wildman–Crippen MR) is 82.0 cm³/mol. The molecule has 0 unspecified atom stereocenters. The highest BCUT2D eigenvalue weighted by Gasteiger charge is 2.46. The molecular formula is C15H18INO2. The monoisotopic (exact) mass is 375 g/mol. The number of halogens is 1. The van der Waals surface area contributed by atoms with E-state index in [1.54, 1.807) is 0 Å². The third-order valence-corrected chi connectivity index (χ3v) is 4.68. The summed E-state index contributed by atoms with van der Waals surface area (Å²) in [6.45, 7) is 0. The van der Waals surface area contributed by atoms with Crippen molar-refractivity contribution in [2.45, 2.75) is 37.3 Å². The molecule has 0 radical (unpaired) electrons. The Balaban J connectivity index is 2.14. The summed E-state index contributed by atoms with van der Waals surface area (Å²) in [5.74, 6) is -1.15. The molecule has 3 rings (SSSR count). The van der Waals surface area contributed by atoms with Crippen LogP contribution in [-0.2, 0) is 9.53 Å². The molecule has 2 saturated heterocycles. The summed E-state index contributed by atoms with van der Waals surface area (Å²) in [6, 6.07) is 0.110. The Morgan fingerprint density at radius 1 is 1.42 bits per heavy atom. The fourth-order valence-electron chi connectivity index (χ4n) is 3.31. The molecule has 102 valence electrons. The van der Waals surface area contributed by atoms with Gasteiger partial charge in [0.2, 0.25) is 0 Å². The molecule has 2 bridgehead atoms. The molecule has 2 aliphatic rings. The summed E-state index contributed by atoms with van der Waals surface area (Å²) < 4.78 is 37.9. The molecule has 1 N–H and O–H groups in total. The minimum Gasteiger partial charge on any atom is -0.469 e. The molecule has 19 heavy (non-hydrogen) atoms. The average molecular weight is 375 g/mol. The topological polar surface area (TPSA) is 38.3 Å². The van der Waals surface area contributed by atoms with Crippen LogP contribution in [0.1, 0.15) is 36.2 Å². The minimum atomic E-state index is -0.467. The van der Waals surface area contributed by atoms with Gasteiger partial charge in [-0.15, -0.1) is 0 Å². The number of hydrogen-bond donors (Lipinski definition) is 1. The van der Waals surface area contributed by atoms with E-state index in [1.165, 1.54) is 7.11 Å². The van der Waals surface area contributed by atoms with E-state index >= 15 is 0 Å². The summed E-state index contributed by atoms with van der Waals surface area (Å²) in [4.78, 5) is 12.3. The van der Waals surface area contributed by atoms with E-state index < -0.39 is 5.92 Å². The van der Waals surface area contributed by atoms with Gasteiger partial charge in [0.15, 0.2) is 0 Å². The van der Waals surface area contributed by atoms with Crippen LogP contribution >= 0.6 is 22.6 Å². The number of ether oxygens (including phenoxy) is 1. The van der Waals surface area contributed by atoms with E-state index in [-0.39, 0.29) is 48.1 Å². The number of esters is 1. The van der Waals surface area contributed by atoms with Crippen molar-refractivity contribution in [2.75, 3.05) is 7.11 Å². The highest BCUT2D eigenvalue weighted by atomic mass is 127. The zero-order valence-corrected chi connectivity index (χ0v) is 12.8. The standard InChI is InChI=1S/C15H18INO2/c1-19-15(18)14-12(8-11-6-7-13(14)17-11)9-2-4-10(16)5-3-9/h2-5,11-14,17H,6-8H2,1H3/t11-,12+,13+,14-/m0/s1/i2D,3D,4D,5D. The van der Waals surface area contributed by atoms with Crippen molar-refractivity contribution in [2.24, 2.45) is 5.92 Å². The number of fused-ring (bicyclic) bond motifs is 2. The predicted octanol–water partition coefficient (Wildman–Crippen LogP) is 2.69. The molecule has 1 aromatic rings. The van der Waals surface area contributed by atoms with Gasteiger partial charge in [0.05, 0.1) is 18.5 Å². The summed E-state index contributed by atoms with van der Waals surface area (Å²) in [7, 11) is 1.35. The van der Waals surface area contributed by atoms with Crippen molar-refractivity contribution in [1.29, 1.82) is 0 Å². The second kappa shape index (κ2) is 5.40. The van der Waals surface area contributed by atoms with E-state index in [0.717, 1.165) is 12.8 Å². The van der Waals surface area contributed by atoms with E-state index in [4.69, 9.17) is 10.2 Å². The molecule has 0 saturated carbocycles. The van der Waals surface area contributed by atoms with Gasteiger partial charge >= 0.3 is 5.97 Å². The van der Waals surface area contributed by atoms with Crippen LogP contribution in [0.5, 0.6) is 0 Å². The summed E-state index contributed by atoms with van der Waals surface area (Å²) >= 11 is 1.84. The second-order valence-electron chi connectivity index (χ2n) is 5.17. The summed E-state index contributed by atoms with van der Waals surface area (Å²) in [6.07, 6.45) is 2.46. The smallest absolute Gasteiger partial charge is 0.310 e. The van der Waals surface area contributed by atoms with Crippen molar-refractivity contribution in [1.82, 2.24) is 5.32 Å². The van der Waals surface area contributed by atoms with Gasteiger partial charge in [-0.2, -0.15) is 0 Å². The lowest BCUT2D eigenvalue weighted by Crippen LogP contribution is -2.48. The van der Waals surface area contributed by atoms with Gasteiger partial charge < -0.3 is 10.1 Å². The SMILES string of the molecule is [2H]c1c([2H])c([C@H]2C[C@@H]3CC[C@@H](N3)[C@H]2C(=O)OC)c([2H])c([2H])c1I. The molecule has 2 fully saturated rings. The Morgan fingerprint density at radius 2 is 2.16 bits per heavy atom. The molecule has 4 atom stereocenters. The molecule has 0 aliphatic carbocycles. The Morgan fingerprint density at radius 3 is 2.84 bits per heavy atom. The average Bonchev–Trinajstić information content (AvgIpc) is 2.92. The third kappa shape index (κ3) is 2.52. The molecule has 2 heterocycles. The van der Waals surface area contributed by atoms with Crippen LogP contribution in [0.25, 0.3) is 0 Å². The van der Waals surface area contributed by atoms with E-state index in [0.29, 0.717) is 15.6 Å². The van der Waals surface area contributed by atoms with Crippen molar-refractivity contribution in [3.63, 3.8) is 0 Å². The van der Waals surface area contributed by atoms with Gasteiger partial charge in [-0.3, -0.25) is 4.79 Å². The molecule has 0 amide bonds. The number of benzene rings is 1. The first-order valence-electron chi connectivity index (χ1n) is 8.46. The number of methoxy groups -OCH3 is 1. The van der Waals surface area contributed by atoms with Crippen LogP contribution in [0.4, 0.5) is 0 Å². The Bertz CT molecular complexity index is 640. The van der Waals surface area contributed by atoms with E-state index in [2.05, 4.69) is 5.32 Å². The van der Waals surface area contributed by atoms with Crippen LogP contribution in [-0.4, -0.2) is 25.2 Å². The first-order valence-corrected chi connectivity index (χ1v) is 7.54. The van der Waals surface area contributed by atoms with Crippen LogP contribution in [0, 0.1) is 9.49 Å². The lowest BCUT2D eigenvalue weighted by atomic mass is 9.77. The van der Waals surface area contributed by atoms with Gasteiger partial charge in [0.25, 0.3) is 0 Å². The lowest BCUT2D eigenvalue weighted by Gasteiger charge is -2.36. The minimum absolute atomic E-state index is 0.0207. The number of nitrogens with one attached hydrogen (secondary N) is 1. The van der Waals surface area contributed by atoms with E-state index in [1.807, 2.05) is 22.6 Å². The van der Waals surface area contributed by atoms with Crippen LogP contribution in [0.3, 0.4) is 0 Å². The second-order valence-corrected chi connectivity index (χ2v) is 6.24. The van der Waals surface area contributed by atoms with Crippen molar-refractivity contribution >= 4 is 28.6 Å². The molecule has 4 heteroatoms. The zero-order chi connectivity index (χ0) is 16.9. The van der Waals surface area contributed by atoms with Crippen LogP contribution in [0.15, 0.2) is 24.2 Å². The largest absolute Gasteiger partial charge is 0.469 e. The zero-order valence-electron chi connectivity index (χ0n) is 14.6. The van der Waals surface area contributed by atoms with Crippen molar-refractivity contribution in [3.8, 4) is 0 Å². The van der Waals surface area contributed by atoms with Gasteiger partial charge in [-0.05, 0) is 59.5 Å². The Kier molecular flexibility index (Phi) is 2.66. The molecular weight excluding hydrogens is 353 g/mol. The molecule has 3 nitrogen and oxygen atoms in total. The van der Waals surface area contributed by atoms with E-state index in [9.17, 15) is 4.79 Å². The Hall–Kier alpha value is -0.620. The van der Waals surface area contributed by atoms with Crippen molar-refractivity contribution < 1.29 is 15.0 Å². The fraction of sp³-hybridized carbons (Fsp3) is 0.533. The van der Waals surface area contributed by atoms with Gasteiger partial charge in [-0.1, -0.05) is 12.1 Å². The number of carbonyl (C=O) groups is 1. The van der Waals surface area contributed by atoms with Gasteiger partial charge in [0, 0.05) is 21.6 Å². The summed E-state index contributed by atoms with van der Waals surface area (Å²) in [5, 5.41) is 3.42.